The molecule has 0 radical (unpaired) electrons. The molecule has 0 amide bonds. The van der Waals surface area contributed by atoms with Crippen molar-refractivity contribution in [3.05, 3.63) is 54.1 Å². The van der Waals surface area contributed by atoms with Crippen LogP contribution in [-0.2, 0) is 0 Å². The Morgan fingerprint density at radius 1 is 0.538 bits per heavy atom. The van der Waals surface area contributed by atoms with Crippen molar-refractivity contribution in [2.75, 3.05) is 174 Å². The van der Waals surface area contributed by atoms with Crippen molar-refractivity contribution >= 4 is 17.1 Å². The highest BCUT2D eigenvalue weighted by Gasteiger charge is 2.31. The lowest BCUT2D eigenvalue weighted by Gasteiger charge is -2.28. The number of fused-ring (bicyclic) bond motifs is 1. The predicted molar refractivity (Wildman–Crippen MR) is 226 cm³/mol. The Bertz CT molecular complexity index is 1110. The van der Waals surface area contributed by atoms with E-state index >= 15 is 0 Å². The maximum Gasteiger partial charge on any atom is 0.128 e. The summed E-state index contributed by atoms with van der Waals surface area (Å²) in [5.74, 6) is 0. The Kier molecular flexibility index (Phi) is 23.8. The molecule has 13 nitrogen and oxygen atoms in total. The number of rotatable bonds is 27. The molecule has 0 aliphatic carbocycles. The number of nitrogens with one attached hydrogen (secondary N) is 2. The van der Waals surface area contributed by atoms with E-state index in [1.54, 1.807) is 0 Å². The Morgan fingerprint density at radius 2 is 0.981 bits per heavy atom. The number of benzene rings is 2. The molecule has 3 rings (SSSR count). The van der Waals surface area contributed by atoms with E-state index in [0.717, 1.165) is 105 Å². The van der Waals surface area contributed by atoms with Crippen LogP contribution in [0.4, 0.5) is 17.1 Å². The monoisotopic (exact) mass is 728 g/mol. The van der Waals surface area contributed by atoms with E-state index in [9.17, 15) is 0 Å². The van der Waals surface area contributed by atoms with Crippen LogP contribution in [0.5, 0.6) is 0 Å². The molecule has 0 atom stereocenters. The second-order valence-corrected chi connectivity index (χ2v) is 14.1. The molecule has 2 aromatic rings. The summed E-state index contributed by atoms with van der Waals surface area (Å²) in [6.45, 7) is 20.1. The number of likely N-dealkylation sites (N-methyl/N-ethyl adjacent to an activating group) is 1. The number of nitrogens with zero attached hydrogens (tertiary/aromatic N) is 7. The lowest BCUT2D eigenvalue weighted by Crippen LogP contribution is -2.44. The van der Waals surface area contributed by atoms with Crippen molar-refractivity contribution in [1.29, 1.82) is 0 Å². The van der Waals surface area contributed by atoms with Crippen LogP contribution >= 0.6 is 0 Å². The van der Waals surface area contributed by atoms with E-state index < -0.39 is 0 Å². The van der Waals surface area contributed by atoms with E-state index in [0.29, 0.717) is 19.6 Å². The van der Waals surface area contributed by atoms with Crippen molar-refractivity contribution in [2.24, 2.45) is 22.9 Å². The Hall–Kier alpha value is -2.56. The molecule has 0 fully saturated rings. The first-order valence-corrected chi connectivity index (χ1v) is 19.6. The second kappa shape index (κ2) is 27.1. The number of para-hydroxylation sites is 2. The number of anilines is 3. The number of hydrogen-bond acceptors (Lipinski definition) is 13. The Labute approximate surface area is 317 Å². The highest BCUT2D eigenvalue weighted by atomic mass is 15.4. The van der Waals surface area contributed by atoms with Crippen LogP contribution in [0, 0.1) is 0 Å². The predicted octanol–water partition coefficient (Wildman–Crippen LogP) is 0.586. The van der Waals surface area contributed by atoms with Crippen LogP contribution in [0.3, 0.4) is 0 Å². The van der Waals surface area contributed by atoms with Crippen LogP contribution in [0.1, 0.15) is 25.1 Å². The molecule has 0 spiro atoms. The van der Waals surface area contributed by atoms with Crippen LogP contribution in [0.2, 0.25) is 0 Å². The summed E-state index contributed by atoms with van der Waals surface area (Å²) in [5.41, 5.74) is 27.9. The van der Waals surface area contributed by atoms with E-state index in [-0.39, 0.29) is 6.17 Å². The normalized spacial score (nSPS) is 13.1. The Balaban J connectivity index is 0.000000395. The van der Waals surface area contributed by atoms with Gasteiger partial charge in [0.1, 0.15) is 6.17 Å². The molecule has 52 heavy (non-hydrogen) atoms. The molecular formula is C39H77N13. The summed E-state index contributed by atoms with van der Waals surface area (Å²) >= 11 is 0. The maximum atomic E-state index is 5.72. The summed E-state index contributed by atoms with van der Waals surface area (Å²) in [7, 11) is 10.7. The van der Waals surface area contributed by atoms with Crippen molar-refractivity contribution in [3.8, 4) is 0 Å². The zero-order chi connectivity index (χ0) is 38.1. The average Bonchev–Trinajstić information content (AvgIpc) is 3.40. The lowest BCUT2D eigenvalue weighted by atomic mass is 10.1. The summed E-state index contributed by atoms with van der Waals surface area (Å²) in [4.78, 5) is 16.5. The first kappa shape index (κ1) is 45.6. The molecule has 1 aliphatic rings. The van der Waals surface area contributed by atoms with Crippen molar-refractivity contribution < 1.29 is 0 Å². The molecule has 0 aromatic heterocycles. The van der Waals surface area contributed by atoms with Crippen molar-refractivity contribution in [2.45, 2.75) is 19.5 Å². The second-order valence-electron chi connectivity index (χ2n) is 14.1. The topological polar surface area (TPSA) is 151 Å². The highest BCUT2D eigenvalue weighted by Crippen LogP contribution is 2.44. The minimum Gasteiger partial charge on any atom is -0.378 e. The van der Waals surface area contributed by atoms with Crippen molar-refractivity contribution in [3.63, 3.8) is 0 Å². The van der Waals surface area contributed by atoms with Gasteiger partial charge in [0, 0.05) is 152 Å². The molecule has 0 saturated carbocycles. The molecule has 10 N–H and O–H groups in total. The molecule has 1 heterocycles. The molecule has 2 aromatic carbocycles. The van der Waals surface area contributed by atoms with Gasteiger partial charge in [-0.05, 0) is 49.8 Å². The van der Waals surface area contributed by atoms with Gasteiger partial charge >= 0.3 is 0 Å². The summed E-state index contributed by atoms with van der Waals surface area (Å²) in [6.07, 6.45) is 1.44. The zero-order valence-electron chi connectivity index (χ0n) is 33.8. The summed E-state index contributed by atoms with van der Waals surface area (Å²) in [6, 6.07) is 17.4. The smallest absolute Gasteiger partial charge is 0.128 e. The van der Waals surface area contributed by atoms with Gasteiger partial charge in [-0.25, -0.2) is 0 Å². The van der Waals surface area contributed by atoms with E-state index in [2.05, 4.69) is 136 Å². The summed E-state index contributed by atoms with van der Waals surface area (Å²) < 4.78 is 0. The van der Waals surface area contributed by atoms with Gasteiger partial charge in [-0.1, -0.05) is 31.2 Å². The fraction of sp³-hybridized carbons (Fsp3) is 0.692. The van der Waals surface area contributed by atoms with Gasteiger partial charge in [0.05, 0.1) is 11.4 Å². The van der Waals surface area contributed by atoms with Gasteiger partial charge in [0.15, 0.2) is 0 Å². The molecular weight excluding hydrogens is 651 g/mol. The zero-order valence-corrected chi connectivity index (χ0v) is 33.8. The largest absolute Gasteiger partial charge is 0.378 e. The van der Waals surface area contributed by atoms with Crippen LogP contribution < -0.4 is 48.3 Å². The van der Waals surface area contributed by atoms with Crippen LogP contribution in [0.25, 0.3) is 0 Å². The average molecular weight is 728 g/mol. The standard InChI is InChI=1S/C22H56N10.C17H21N3/c1-3-12-30(13-5-24)16-10-28-11-18-32(17-9-27-8-4-23)22-20-29(2)19-21-31(14-6-25)15-7-26;1-18(2)14-11-9-13(10-12-14)17-19(3)15-7-5-6-8-16(15)20(17)4/h27-28H,3-26H2,1-2H3;5-12,17H,1-4H3. The van der Waals surface area contributed by atoms with E-state index in [1.165, 1.54) is 29.0 Å². The minimum atomic E-state index is 0.267. The van der Waals surface area contributed by atoms with E-state index in [4.69, 9.17) is 22.9 Å². The molecule has 1 aliphatic heterocycles. The fourth-order valence-corrected chi connectivity index (χ4v) is 6.65. The fourth-order valence-electron chi connectivity index (χ4n) is 6.65. The third-order valence-electron chi connectivity index (χ3n) is 9.69. The third-order valence-corrected chi connectivity index (χ3v) is 9.69. The van der Waals surface area contributed by atoms with Gasteiger partial charge in [0.25, 0.3) is 0 Å². The quantitative estimate of drug-likeness (QED) is 0.0714. The molecule has 13 heteroatoms. The molecule has 0 saturated heterocycles. The maximum absolute atomic E-state index is 5.72. The third kappa shape index (κ3) is 16.6. The Morgan fingerprint density at radius 3 is 1.40 bits per heavy atom. The van der Waals surface area contributed by atoms with Gasteiger partial charge in [-0.15, -0.1) is 0 Å². The molecule has 0 bridgehead atoms. The van der Waals surface area contributed by atoms with Gasteiger partial charge in [-0.2, -0.15) is 0 Å². The highest BCUT2D eigenvalue weighted by molar-refractivity contribution is 5.77. The molecule has 0 unspecified atom stereocenters. The van der Waals surface area contributed by atoms with Gasteiger partial charge in [-0.3, -0.25) is 9.80 Å². The summed E-state index contributed by atoms with van der Waals surface area (Å²) in [5, 5.41) is 7.03. The lowest BCUT2D eigenvalue weighted by molar-refractivity contribution is 0.198. The van der Waals surface area contributed by atoms with Crippen LogP contribution in [0.15, 0.2) is 48.5 Å². The van der Waals surface area contributed by atoms with Gasteiger partial charge in [0.2, 0.25) is 0 Å². The molecule has 298 valence electrons. The van der Waals surface area contributed by atoms with Crippen molar-refractivity contribution in [1.82, 2.24) is 30.2 Å². The van der Waals surface area contributed by atoms with E-state index in [1.807, 2.05) is 0 Å². The first-order valence-electron chi connectivity index (χ1n) is 19.6. The first-order chi connectivity index (χ1) is 25.2. The SMILES string of the molecule is CCCN(CCN)CCNCCN(CCNCCN)CCN(C)CCN(CCN)CCN.CN(C)c1ccc(C2N(C)c3ccccc3N2C)cc1. The van der Waals surface area contributed by atoms with Crippen LogP contribution in [-0.4, -0.2) is 179 Å². The number of hydrogen-bond donors (Lipinski definition) is 6. The minimum absolute atomic E-state index is 0.267. The van der Waals surface area contributed by atoms with Gasteiger partial charge < -0.3 is 58.1 Å². The number of nitrogens with two attached hydrogens (primary N) is 4.